The van der Waals surface area contributed by atoms with Crippen LogP contribution < -0.4 is 0 Å². The average molecular weight is 370 g/mol. The smallest absolute Gasteiger partial charge is 0.258 e. The molecule has 0 radical (unpaired) electrons. The molecule has 27 heavy (non-hydrogen) atoms. The van der Waals surface area contributed by atoms with Crippen LogP contribution in [0, 0.1) is 12.7 Å². The van der Waals surface area contributed by atoms with E-state index in [1.54, 1.807) is 18.2 Å². The largest absolute Gasteiger partial charge is 0.502 e. The minimum Gasteiger partial charge on any atom is -0.502 e. The maximum Gasteiger partial charge on any atom is 0.258 e. The van der Waals surface area contributed by atoms with Crippen molar-refractivity contribution < 1.29 is 18.8 Å². The monoisotopic (exact) mass is 370 g/mol. The van der Waals surface area contributed by atoms with Crippen LogP contribution in [-0.4, -0.2) is 21.9 Å². The number of hydrogen-bond acceptors (Lipinski definition) is 5. The summed E-state index contributed by atoms with van der Waals surface area (Å²) >= 11 is 0. The Balaban J connectivity index is 2.35. The fourth-order valence-corrected chi connectivity index (χ4v) is 3.13. The van der Waals surface area contributed by atoms with Gasteiger partial charge in [-0.2, -0.15) is 0 Å². The molecule has 2 heterocycles. The van der Waals surface area contributed by atoms with Gasteiger partial charge in [-0.3, -0.25) is 0 Å². The molecule has 0 bridgehead atoms. The number of aromatic nitrogens is 2. The van der Waals surface area contributed by atoms with Crippen molar-refractivity contribution >= 4 is 11.1 Å². The van der Waals surface area contributed by atoms with Crippen molar-refractivity contribution in [2.24, 2.45) is 0 Å². The van der Waals surface area contributed by atoms with Crippen LogP contribution in [-0.2, 0) is 4.74 Å². The lowest BCUT2D eigenvalue weighted by molar-refractivity contribution is 0.213. The standard InChI is InChI=1S/C21H23FN2O3/c1-5-26-11-10-16(25)19-18(14-6-8-15(22)9-7-14)17-13(4)24-27-21(17)23-20(19)12(2)3/h6-12,16,25H,5H2,1-4H3. The molecule has 2 aromatic heterocycles. The molecule has 5 nitrogen and oxygen atoms in total. The van der Waals surface area contributed by atoms with Gasteiger partial charge in [0.15, 0.2) is 0 Å². The summed E-state index contributed by atoms with van der Waals surface area (Å²) in [6.07, 6.45) is 2.11. The highest BCUT2D eigenvalue weighted by molar-refractivity contribution is 5.96. The van der Waals surface area contributed by atoms with E-state index in [2.05, 4.69) is 10.1 Å². The number of pyridine rings is 1. The lowest BCUT2D eigenvalue weighted by Gasteiger charge is -2.20. The quantitative estimate of drug-likeness (QED) is 0.615. The van der Waals surface area contributed by atoms with E-state index in [-0.39, 0.29) is 11.7 Å². The zero-order valence-electron chi connectivity index (χ0n) is 15.9. The Morgan fingerprint density at radius 2 is 1.96 bits per heavy atom. The third-order valence-electron chi connectivity index (χ3n) is 4.36. The number of halogens is 1. The van der Waals surface area contributed by atoms with E-state index in [0.29, 0.717) is 34.7 Å². The van der Waals surface area contributed by atoms with Gasteiger partial charge in [-0.1, -0.05) is 31.1 Å². The molecule has 0 aliphatic rings. The molecular weight excluding hydrogens is 347 g/mol. The zero-order chi connectivity index (χ0) is 19.6. The molecule has 0 saturated carbocycles. The number of ether oxygens (including phenoxy) is 1. The Bertz CT molecular complexity index is 962. The summed E-state index contributed by atoms with van der Waals surface area (Å²) in [4.78, 5) is 4.61. The van der Waals surface area contributed by atoms with Crippen LogP contribution in [0.15, 0.2) is 41.1 Å². The number of aryl methyl sites for hydroxylation is 1. The molecule has 0 aliphatic carbocycles. The molecule has 3 aromatic rings. The Kier molecular flexibility index (Phi) is 5.56. The number of fused-ring (bicyclic) bond motifs is 1. The van der Waals surface area contributed by atoms with E-state index in [1.165, 1.54) is 18.4 Å². The Hall–Kier alpha value is -2.73. The van der Waals surface area contributed by atoms with E-state index in [0.717, 1.165) is 11.1 Å². The molecule has 1 atom stereocenters. The second-order valence-electron chi connectivity index (χ2n) is 6.62. The summed E-state index contributed by atoms with van der Waals surface area (Å²) in [7, 11) is 0. The number of aliphatic hydroxyl groups is 1. The number of rotatable bonds is 6. The molecule has 0 fully saturated rings. The van der Waals surface area contributed by atoms with E-state index in [1.807, 2.05) is 27.7 Å². The summed E-state index contributed by atoms with van der Waals surface area (Å²) in [5.74, 6) is -0.294. The minimum absolute atomic E-state index is 0.0316. The van der Waals surface area contributed by atoms with Gasteiger partial charge in [-0.25, -0.2) is 9.37 Å². The SMILES string of the molecule is CCOC=CC(O)c1c(C(C)C)nc2onc(C)c2c1-c1ccc(F)cc1. The van der Waals surface area contributed by atoms with Gasteiger partial charge in [0, 0.05) is 11.1 Å². The Morgan fingerprint density at radius 1 is 1.26 bits per heavy atom. The van der Waals surface area contributed by atoms with Crippen LogP contribution in [0.4, 0.5) is 4.39 Å². The fraction of sp³-hybridized carbons (Fsp3) is 0.333. The van der Waals surface area contributed by atoms with Gasteiger partial charge >= 0.3 is 0 Å². The van der Waals surface area contributed by atoms with E-state index >= 15 is 0 Å². The fourth-order valence-electron chi connectivity index (χ4n) is 3.13. The first-order valence-electron chi connectivity index (χ1n) is 8.96. The summed E-state index contributed by atoms with van der Waals surface area (Å²) in [6.45, 7) is 8.19. The first kappa shape index (κ1) is 19.0. The van der Waals surface area contributed by atoms with Crippen molar-refractivity contribution in [3.05, 3.63) is 59.4 Å². The number of benzene rings is 1. The van der Waals surface area contributed by atoms with Gasteiger partial charge in [0.05, 0.1) is 29.6 Å². The molecule has 1 N–H and O–H groups in total. The maximum atomic E-state index is 13.5. The molecule has 1 aromatic carbocycles. The zero-order valence-corrected chi connectivity index (χ0v) is 15.9. The normalized spacial score (nSPS) is 13.0. The van der Waals surface area contributed by atoms with Gasteiger partial charge in [-0.15, -0.1) is 0 Å². The predicted molar refractivity (Wildman–Crippen MR) is 102 cm³/mol. The molecule has 1 unspecified atom stereocenters. The second-order valence-corrected chi connectivity index (χ2v) is 6.62. The van der Waals surface area contributed by atoms with Crippen molar-refractivity contribution in [3.8, 4) is 11.1 Å². The van der Waals surface area contributed by atoms with E-state index in [4.69, 9.17) is 9.26 Å². The lowest BCUT2D eigenvalue weighted by Crippen LogP contribution is -2.08. The van der Waals surface area contributed by atoms with Crippen LogP contribution in [0.1, 0.15) is 49.7 Å². The van der Waals surface area contributed by atoms with Crippen LogP contribution >= 0.6 is 0 Å². The molecule has 0 spiro atoms. The molecule has 0 amide bonds. The van der Waals surface area contributed by atoms with Crippen molar-refractivity contribution in [2.75, 3.05) is 6.61 Å². The van der Waals surface area contributed by atoms with Crippen molar-refractivity contribution in [1.82, 2.24) is 10.1 Å². The minimum atomic E-state index is -0.944. The number of hydrogen-bond donors (Lipinski definition) is 1. The Morgan fingerprint density at radius 3 is 2.59 bits per heavy atom. The highest BCUT2D eigenvalue weighted by Crippen LogP contribution is 2.40. The van der Waals surface area contributed by atoms with Gasteiger partial charge < -0.3 is 14.4 Å². The topological polar surface area (TPSA) is 68.4 Å². The summed E-state index contributed by atoms with van der Waals surface area (Å²) in [5.41, 5.74) is 3.92. The third-order valence-corrected chi connectivity index (χ3v) is 4.36. The summed E-state index contributed by atoms with van der Waals surface area (Å²) in [5, 5.41) is 15.7. The number of nitrogens with zero attached hydrogens (tertiary/aromatic N) is 2. The first-order chi connectivity index (χ1) is 12.9. The van der Waals surface area contributed by atoms with Gasteiger partial charge in [0.25, 0.3) is 5.71 Å². The molecule has 6 heteroatoms. The highest BCUT2D eigenvalue weighted by Gasteiger charge is 2.26. The van der Waals surface area contributed by atoms with Crippen molar-refractivity contribution in [1.29, 1.82) is 0 Å². The predicted octanol–water partition coefficient (Wildman–Crippen LogP) is 5.04. The average Bonchev–Trinajstić information content (AvgIpc) is 3.02. The number of aliphatic hydroxyl groups excluding tert-OH is 1. The van der Waals surface area contributed by atoms with E-state index < -0.39 is 6.10 Å². The summed E-state index contributed by atoms with van der Waals surface area (Å²) in [6, 6.07) is 6.16. The molecule has 0 saturated heterocycles. The first-order valence-corrected chi connectivity index (χ1v) is 8.96. The van der Waals surface area contributed by atoms with Crippen LogP contribution in [0.2, 0.25) is 0 Å². The van der Waals surface area contributed by atoms with Gasteiger partial charge in [0.2, 0.25) is 0 Å². The lowest BCUT2D eigenvalue weighted by atomic mass is 9.89. The van der Waals surface area contributed by atoms with E-state index in [9.17, 15) is 9.50 Å². The van der Waals surface area contributed by atoms with Crippen molar-refractivity contribution in [3.63, 3.8) is 0 Å². The molecular formula is C21H23FN2O3. The summed E-state index contributed by atoms with van der Waals surface area (Å²) < 4.78 is 24.1. The molecule has 0 aliphatic heterocycles. The maximum absolute atomic E-state index is 13.5. The third kappa shape index (κ3) is 3.71. The molecule has 3 rings (SSSR count). The van der Waals surface area contributed by atoms with Crippen molar-refractivity contribution in [2.45, 2.75) is 39.7 Å². The Labute approximate surface area is 157 Å². The van der Waals surface area contributed by atoms with Gasteiger partial charge in [-0.05, 0) is 43.5 Å². The van der Waals surface area contributed by atoms with Gasteiger partial charge in [0.1, 0.15) is 11.9 Å². The second kappa shape index (κ2) is 7.88. The molecule has 142 valence electrons. The van der Waals surface area contributed by atoms with Crippen LogP contribution in [0.25, 0.3) is 22.2 Å². The van der Waals surface area contributed by atoms with Crippen LogP contribution in [0.5, 0.6) is 0 Å². The van der Waals surface area contributed by atoms with Crippen LogP contribution in [0.3, 0.4) is 0 Å². The highest BCUT2D eigenvalue weighted by atomic mass is 19.1.